The van der Waals surface area contributed by atoms with E-state index in [1.807, 2.05) is 17.9 Å². The lowest BCUT2D eigenvalue weighted by molar-refractivity contribution is 0.196. The molecule has 0 aliphatic carbocycles. The van der Waals surface area contributed by atoms with Crippen LogP contribution in [-0.2, 0) is 18.2 Å². The van der Waals surface area contributed by atoms with Gasteiger partial charge in [0.1, 0.15) is 0 Å². The molecule has 0 radical (unpaired) electrons. The molecule has 0 saturated heterocycles. The zero-order valence-corrected chi connectivity index (χ0v) is 11.3. The van der Waals surface area contributed by atoms with Crippen molar-refractivity contribution in [3.63, 3.8) is 0 Å². The van der Waals surface area contributed by atoms with Gasteiger partial charge >= 0.3 is 0 Å². The number of nitrogens with zero attached hydrogens (tertiary/aromatic N) is 2. The van der Waals surface area contributed by atoms with E-state index in [2.05, 4.69) is 35.4 Å². The minimum Gasteiger partial charge on any atom is -0.383 e. The molecule has 0 fully saturated rings. The molecule has 0 bridgehead atoms. The van der Waals surface area contributed by atoms with E-state index in [0.29, 0.717) is 6.04 Å². The Morgan fingerprint density at radius 2 is 2.28 bits per heavy atom. The smallest absolute Gasteiger partial charge is 0.0955 e. The van der Waals surface area contributed by atoms with Gasteiger partial charge in [0.25, 0.3) is 0 Å². The summed E-state index contributed by atoms with van der Waals surface area (Å²) in [7, 11) is 3.74. The summed E-state index contributed by atoms with van der Waals surface area (Å²) in [6.07, 6.45) is 2.87. The predicted molar refractivity (Wildman–Crippen MR) is 73.8 cm³/mol. The van der Waals surface area contributed by atoms with Crippen LogP contribution in [0, 0.1) is 0 Å². The zero-order chi connectivity index (χ0) is 13.0. The van der Waals surface area contributed by atoms with E-state index < -0.39 is 0 Å². The summed E-state index contributed by atoms with van der Waals surface area (Å²) in [5.74, 6) is 0. The lowest BCUT2D eigenvalue weighted by Crippen LogP contribution is -2.30. The monoisotopic (exact) mass is 247 g/mol. The van der Waals surface area contributed by atoms with Gasteiger partial charge in [0.15, 0.2) is 0 Å². The number of imidazole rings is 1. The second kappa shape index (κ2) is 5.98. The third-order valence-electron chi connectivity index (χ3n) is 3.13. The van der Waals surface area contributed by atoms with Crippen molar-refractivity contribution in [2.45, 2.75) is 19.4 Å². The molecule has 1 unspecified atom stereocenters. The fourth-order valence-electron chi connectivity index (χ4n) is 2.14. The van der Waals surface area contributed by atoms with Crippen molar-refractivity contribution in [3.05, 3.63) is 30.1 Å². The molecule has 2 rings (SSSR count). The van der Waals surface area contributed by atoms with Gasteiger partial charge in [-0.15, -0.1) is 0 Å². The summed E-state index contributed by atoms with van der Waals surface area (Å²) in [5.41, 5.74) is 3.57. The summed E-state index contributed by atoms with van der Waals surface area (Å²) in [4.78, 5) is 4.38. The molecule has 1 N–H and O–H groups in total. The molecule has 4 heteroatoms. The van der Waals surface area contributed by atoms with Crippen molar-refractivity contribution < 1.29 is 4.74 Å². The van der Waals surface area contributed by atoms with Crippen LogP contribution in [0.3, 0.4) is 0 Å². The Bertz CT molecular complexity index is 507. The number of ether oxygens (including phenoxy) is 1. The number of hydrogen-bond acceptors (Lipinski definition) is 3. The van der Waals surface area contributed by atoms with Crippen LogP contribution in [0.1, 0.15) is 12.5 Å². The first-order valence-corrected chi connectivity index (χ1v) is 6.33. The van der Waals surface area contributed by atoms with Gasteiger partial charge in [-0.25, -0.2) is 4.98 Å². The molecule has 0 aliphatic heterocycles. The average molecular weight is 247 g/mol. The van der Waals surface area contributed by atoms with Crippen molar-refractivity contribution >= 4 is 11.0 Å². The van der Waals surface area contributed by atoms with Gasteiger partial charge in [0.2, 0.25) is 0 Å². The number of aryl methyl sites for hydroxylation is 1. The molecule has 0 aliphatic rings. The molecule has 1 aromatic carbocycles. The third-order valence-corrected chi connectivity index (χ3v) is 3.13. The highest BCUT2D eigenvalue weighted by Crippen LogP contribution is 2.14. The number of rotatable bonds is 6. The SMILES string of the molecule is COCCNC(C)Cc1ccc2c(c1)ncn2C. The Morgan fingerprint density at radius 1 is 1.44 bits per heavy atom. The van der Waals surface area contributed by atoms with E-state index in [1.54, 1.807) is 7.11 Å². The van der Waals surface area contributed by atoms with Crippen molar-refractivity contribution in [3.8, 4) is 0 Å². The summed E-state index contributed by atoms with van der Waals surface area (Å²) in [6.45, 7) is 3.84. The fourth-order valence-corrected chi connectivity index (χ4v) is 2.14. The van der Waals surface area contributed by atoms with Crippen molar-refractivity contribution in [1.82, 2.24) is 14.9 Å². The summed E-state index contributed by atoms with van der Waals surface area (Å²) >= 11 is 0. The topological polar surface area (TPSA) is 39.1 Å². The summed E-state index contributed by atoms with van der Waals surface area (Å²) in [5, 5.41) is 3.43. The van der Waals surface area contributed by atoms with Crippen LogP contribution in [0.5, 0.6) is 0 Å². The van der Waals surface area contributed by atoms with Crippen molar-refractivity contribution in [1.29, 1.82) is 0 Å². The number of nitrogens with one attached hydrogen (secondary N) is 1. The van der Waals surface area contributed by atoms with Crippen LogP contribution < -0.4 is 5.32 Å². The molecule has 1 heterocycles. The Hall–Kier alpha value is -1.39. The van der Waals surface area contributed by atoms with Gasteiger partial charge in [-0.05, 0) is 31.0 Å². The van der Waals surface area contributed by atoms with Gasteiger partial charge in [-0.3, -0.25) is 0 Å². The quantitative estimate of drug-likeness (QED) is 0.790. The minimum atomic E-state index is 0.446. The van der Waals surface area contributed by atoms with Crippen LogP contribution in [0.2, 0.25) is 0 Å². The minimum absolute atomic E-state index is 0.446. The molecule has 98 valence electrons. The molecule has 18 heavy (non-hydrogen) atoms. The predicted octanol–water partition coefficient (Wildman–Crippen LogP) is 1.74. The van der Waals surface area contributed by atoms with Crippen LogP contribution >= 0.6 is 0 Å². The van der Waals surface area contributed by atoms with E-state index >= 15 is 0 Å². The van der Waals surface area contributed by atoms with Gasteiger partial charge in [-0.2, -0.15) is 0 Å². The second-order valence-electron chi connectivity index (χ2n) is 4.73. The summed E-state index contributed by atoms with van der Waals surface area (Å²) < 4.78 is 7.07. The first kappa shape index (κ1) is 13.1. The highest BCUT2D eigenvalue weighted by Gasteiger charge is 2.05. The standard InChI is InChI=1S/C14H21N3O/c1-11(15-6-7-18-3)8-12-4-5-14-13(9-12)16-10-17(14)2/h4-5,9-11,15H,6-8H2,1-3H3. The van der Waals surface area contributed by atoms with Gasteiger partial charge < -0.3 is 14.6 Å². The highest BCUT2D eigenvalue weighted by atomic mass is 16.5. The molecule has 4 nitrogen and oxygen atoms in total. The lowest BCUT2D eigenvalue weighted by Gasteiger charge is -2.13. The molecular weight excluding hydrogens is 226 g/mol. The maximum absolute atomic E-state index is 5.03. The van der Waals surface area contributed by atoms with Crippen LogP contribution in [-0.4, -0.2) is 35.9 Å². The molecule has 1 atom stereocenters. The molecule has 0 saturated carbocycles. The highest BCUT2D eigenvalue weighted by molar-refractivity contribution is 5.75. The zero-order valence-electron chi connectivity index (χ0n) is 11.3. The maximum Gasteiger partial charge on any atom is 0.0955 e. The average Bonchev–Trinajstić information content (AvgIpc) is 2.71. The molecule has 1 aromatic heterocycles. The fraction of sp³-hybridized carbons (Fsp3) is 0.500. The van der Waals surface area contributed by atoms with Gasteiger partial charge in [0.05, 0.1) is 24.0 Å². The number of methoxy groups -OCH3 is 1. The van der Waals surface area contributed by atoms with E-state index in [-0.39, 0.29) is 0 Å². The second-order valence-corrected chi connectivity index (χ2v) is 4.73. The third kappa shape index (κ3) is 3.09. The number of fused-ring (bicyclic) bond motifs is 1. The first-order valence-electron chi connectivity index (χ1n) is 6.33. The number of benzene rings is 1. The molecule has 0 spiro atoms. The van der Waals surface area contributed by atoms with Gasteiger partial charge in [0, 0.05) is 26.7 Å². The molecular formula is C14H21N3O. The van der Waals surface area contributed by atoms with Crippen LogP contribution in [0.15, 0.2) is 24.5 Å². The summed E-state index contributed by atoms with van der Waals surface area (Å²) in [6, 6.07) is 6.93. The first-order chi connectivity index (χ1) is 8.70. The largest absolute Gasteiger partial charge is 0.383 e. The van der Waals surface area contributed by atoms with E-state index in [1.165, 1.54) is 11.1 Å². The Kier molecular flexibility index (Phi) is 4.33. The Balaban J connectivity index is 1.98. The van der Waals surface area contributed by atoms with Crippen LogP contribution in [0.25, 0.3) is 11.0 Å². The van der Waals surface area contributed by atoms with Gasteiger partial charge in [-0.1, -0.05) is 6.07 Å². The number of hydrogen-bond donors (Lipinski definition) is 1. The van der Waals surface area contributed by atoms with E-state index in [4.69, 9.17) is 4.74 Å². The van der Waals surface area contributed by atoms with Crippen molar-refractivity contribution in [2.24, 2.45) is 7.05 Å². The van der Waals surface area contributed by atoms with E-state index in [9.17, 15) is 0 Å². The van der Waals surface area contributed by atoms with Crippen LogP contribution in [0.4, 0.5) is 0 Å². The Labute approximate surface area is 108 Å². The molecule has 0 amide bonds. The Morgan fingerprint density at radius 3 is 3.06 bits per heavy atom. The lowest BCUT2D eigenvalue weighted by atomic mass is 10.1. The molecule has 2 aromatic rings. The maximum atomic E-state index is 5.03. The normalized spacial score (nSPS) is 13.1. The number of aromatic nitrogens is 2. The van der Waals surface area contributed by atoms with E-state index in [0.717, 1.165) is 25.1 Å². The van der Waals surface area contributed by atoms with Crippen molar-refractivity contribution in [2.75, 3.05) is 20.3 Å².